The van der Waals surface area contributed by atoms with Gasteiger partial charge in [0.15, 0.2) is 5.65 Å². The van der Waals surface area contributed by atoms with Gasteiger partial charge in [-0.05, 0) is 35.9 Å². The minimum Gasteiger partial charge on any atom is -0.286 e. The number of pyridine rings is 1. The first-order chi connectivity index (χ1) is 7.24. The lowest BCUT2D eigenvalue weighted by molar-refractivity contribution is 1.01. The summed E-state index contributed by atoms with van der Waals surface area (Å²) in [6, 6.07) is 8.24. The molecule has 0 saturated heterocycles. The van der Waals surface area contributed by atoms with Crippen molar-refractivity contribution in [2.75, 3.05) is 0 Å². The number of hydrogen-bond acceptors (Lipinski definition) is 2. The van der Waals surface area contributed by atoms with Gasteiger partial charge in [0.05, 0.1) is 0 Å². The molecule has 0 bridgehead atoms. The van der Waals surface area contributed by atoms with Crippen LogP contribution in [0.2, 0.25) is 0 Å². The van der Waals surface area contributed by atoms with Gasteiger partial charge in [-0.15, -0.1) is 10.2 Å². The van der Waals surface area contributed by atoms with Crippen LogP contribution in [-0.2, 0) is 0 Å². The Kier molecular flexibility index (Phi) is 1.79. The molecule has 0 fully saturated rings. The Balaban J connectivity index is 2.50. The summed E-state index contributed by atoms with van der Waals surface area (Å²) < 4.78 is 3.08. The van der Waals surface area contributed by atoms with Crippen molar-refractivity contribution in [1.82, 2.24) is 14.6 Å². The van der Waals surface area contributed by atoms with E-state index >= 15 is 0 Å². The second kappa shape index (κ2) is 3.03. The van der Waals surface area contributed by atoms with Crippen molar-refractivity contribution in [1.29, 1.82) is 0 Å². The van der Waals surface area contributed by atoms with Crippen LogP contribution in [0.3, 0.4) is 0 Å². The van der Waals surface area contributed by atoms with Gasteiger partial charge in [0.2, 0.25) is 0 Å². The fourth-order valence-electron chi connectivity index (χ4n) is 1.71. The molecule has 4 heteroatoms. The van der Waals surface area contributed by atoms with E-state index in [4.69, 9.17) is 0 Å². The van der Waals surface area contributed by atoms with E-state index in [0.29, 0.717) is 0 Å². The maximum Gasteiger partial charge on any atom is 0.161 e. The number of nitrogens with zero attached hydrogens (tertiary/aromatic N) is 3. The van der Waals surface area contributed by atoms with Crippen LogP contribution in [0.15, 0.2) is 34.9 Å². The molecule has 15 heavy (non-hydrogen) atoms. The molecule has 2 aromatic heterocycles. The lowest BCUT2D eigenvalue weighted by Crippen LogP contribution is -1.87. The molecule has 3 aromatic rings. The topological polar surface area (TPSA) is 30.2 Å². The van der Waals surface area contributed by atoms with Crippen molar-refractivity contribution >= 4 is 32.3 Å². The van der Waals surface area contributed by atoms with Gasteiger partial charge in [0, 0.05) is 10.7 Å². The Morgan fingerprint density at radius 1 is 1.13 bits per heavy atom. The van der Waals surface area contributed by atoms with Crippen LogP contribution in [-0.4, -0.2) is 14.6 Å². The number of aromatic nitrogens is 3. The second-order valence-corrected chi connectivity index (χ2v) is 4.44. The largest absolute Gasteiger partial charge is 0.286 e. The van der Waals surface area contributed by atoms with Gasteiger partial charge in [0.25, 0.3) is 0 Å². The van der Waals surface area contributed by atoms with E-state index in [1.165, 1.54) is 10.8 Å². The summed E-state index contributed by atoms with van der Waals surface area (Å²) in [5.41, 5.74) is 0.891. The molecule has 0 aliphatic rings. The molecule has 1 aromatic carbocycles. The number of aryl methyl sites for hydroxylation is 1. The van der Waals surface area contributed by atoms with E-state index in [2.05, 4.69) is 44.5 Å². The Morgan fingerprint density at radius 3 is 2.87 bits per heavy atom. The van der Waals surface area contributed by atoms with Crippen molar-refractivity contribution in [3.05, 3.63) is 40.8 Å². The van der Waals surface area contributed by atoms with Crippen LogP contribution in [0.5, 0.6) is 0 Å². The Labute approximate surface area is 94.9 Å². The highest BCUT2D eigenvalue weighted by atomic mass is 79.9. The molecule has 0 aliphatic heterocycles. The summed E-state index contributed by atoms with van der Waals surface area (Å²) in [7, 11) is 0. The van der Waals surface area contributed by atoms with E-state index in [-0.39, 0.29) is 0 Å². The molecule has 0 N–H and O–H groups in total. The standard InChI is InChI=1S/C11H8BrN3/c1-7-13-14-11-5-8-2-3-10(12)4-9(8)6-15(7)11/h2-6H,1H3. The van der Waals surface area contributed by atoms with Crippen molar-refractivity contribution < 1.29 is 0 Å². The Hall–Kier alpha value is -1.42. The summed E-state index contributed by atoms with van der Waals surface area (Å²) in [6.45, 7) is 1.95. The average molecular weight is 262 g/mol. The van der Waals surface area contributed by atoms with E-state index < -0.39 is 0 Å². The van der Waals surface area contributed by atoms with Crippen LogP contribution >= 0.6 is 15.9 Å². The second-order valence-electron chi connectivity index (χ2n) is 3.52. The maximum absolute atomic E-state index is 4.09. The molecule has 0 spiro atoms. The van der Waals surface area contributed by atoms with E-state index in [1.54, 1.807) is 0 Å². The molecule has 74 valence electrons. The Bertz CT molecular complexity index is 657. The van der Waals surface area contributed by atoms with Gasteiger partial charge in [-0.25, -0.2) is 0 Å². The normalized spacial score (nSPS) is 11.3. The highest BCUT2D eigenvalue weighted by molar-refractivity contribution is 9.10. The first-order valence-corrected chi connectivity index (χ1v) is 5.44. The third kappa shape index (κ3) is 1.33. The molecule has 0 amide bonds. The molecule has 0 aliphatic carbocycles. The zero-order valence-electron chi connectivity index (χ0n) is 8.11. The van der Waals surface area contributed by atoms with Crippen LogP contribution in [0.1, 0.15) is 5.82 Å². The van der Waals surface area contributed by atoms with Crippen molar-refractivity contribution in [2.45, 2.75) is 6.92 Å². The number of benzene rings is 1. The van der Waals surface area contributed by atoms with E-state index in [1.807, 2.05) is 23.5 Å². The highest BCUT2D eigenvalue weighted by Gasteiger charge is 2.02. The monoisotopic (exact) mass is 261 g/mol. The highest BCUT2D eigenvalue weighted by Crippen LogP contribution is 2.21. The quantitative estimate of drug-likeness (QED) is 0.623. The minimum atomic E-state index is 0.891. The molecule has 3 nitrogen and oxygen atoms in total. The summed E-state index contributed by atoms with van der Waals surface area (Å²) >= 11 is 3.47. The fraction of sp³-hybridized carbons (Fsp3) is 0.0909. The SMILES string of the molecule is Cc1nnc2cc3ccc(Br)cc3cn12. The van der Waals surface area contributed by atoms with Crippen molar-refractivity contribution in [2.24, 2.45) is 0 Å². The first kappa shape index (κ1) is 8.85. The predicted octanol–water partition coefficient (Wildman–Crippen LogP) is 2.95. The summed E-state index contributed by atoms with van der Waals surface area (Å²) in [4.78, 5) is 0. The maximum atomic E-state index is 4.09. The van der Waals surface area contributed by atoms with E-state index in [9.17, 15) is 0 Å². The molecular formula is C11H8BrN3. The number of fused-ring (bicyclic) bond motifs is 2. The molecule has 0 saturated carbocycles. The van der Waals surface area contributed by atoms with Crippen LogP contribution in [0.4, 0.5) is 0 Å². The lowest BCUT2D eigenvalue weighted by Gasteiger charge is -2.00. The van der Waals surface area contributed by atoms with E-state index in [0.717, 1.165) is 15.9 Å². The molecule has 0 unspecified atom stereocenters. The van der Waals surface area contributed by atoms with Crippen molar-refractivity contribution in [3.63, 3.8) is 0 Å². The predicted molar refractivity (Wildman–Crippen MR) is 62.9 cm³/mol. The molecule has 0 atom stereocenters. The molecule has 2 heterocycles. The summed E-state index contributed by atoms with van der Waals surface area (Å²) in [5, 5.41) is 10.5. The third-order valence-corrected chi connectivity index (χ3v) is 2.99. The molecule has 0 radical (unpaired) electrons. The number of hydrogen-bond donors (Lipinski definition) is 0. The number of rotatable bonds is 0. The molecular weight excluding hydrogens is 254 g/mol. The first-order valence-electron chi connectivity index (χ1n) is 4.65. The lowest BCUT2D eigenvalue weighted by atomic mass is 10.2. The third-order valence-electron chi connectivity index (χ3n) is 2.49. The van der Waals surface area contributed by atoms with Gasteiger partial charge in [-0.2, -0.15) is 0 Å². The van der Waals surface area contributed by atoms with Gasteiger partial charge in [-0.3, -0.25) is 4.40 Å². The number of halogens is 1. The van der Waals surface area contributed by atoms with Crippen LogP contribution < -0.4 is 0 Å². The van der Waals surface area contributed by atoms with Crippen LogP contribution in [0, 0.1) is 6.92 Å². The van der Waals surface area contributed by atoms with Gasteiger partial charge >= 0.3 is 0 Å². The van der Waals surface area contributed by atoms with Gasteiger partial charge in [0.1, 0.15) is 5.82 Å². The van der Waals surface area contributed by atoms with Gasteiger partial charge < -0.3 is 0 Å². The summed E-state index contributed by atoms with van der Waals surface area (Å²) in [6.07, 6.45) is 2.06. The Morgan fingerprint density at radius 2 is 2.00 bits per heavy atom. The zero-order valence-corrected chi connectivity index (χ0v) is 9.69. The fourth-order valence-corrected chi connectivity index (χ4v) is 2.09. The summed E-state index contributed by atoms with van der Waals surface area (Å²) in [5.74, 6) is 0.909. The van der Waals surface area contributed by atoms with Crippen molar-refractivity contribution in [3.8, 4) is 0 Å². The minimum absolute atomic E-state index is 0.891. The smallest absolute Gasteiger partial charge is 0.161 e. The molecule has 3 rings (SSSR count). The zero-order chi connectivity index (χ0) is 10.4. The van der Waals surface area contributed by atoms with Gasteiger partial charge in [-0.1, -0.05) is 22.0 Å². The van der Waals surface area contributed by atoms with Crippen LogP contribution in [0.25, 0.3) is 16.4 Å². The average Bonchev–Trinajstić information content (AvgIpc) is 2.57.